The molecule has 0 bridgehead atoms. The molecule has 22 heavy (non-hydrogen) atoms. The molecule has 1 aromatic heterocycles. The highest BCUT2D eigenvalue weighted by Crippen LogP contribution is 2.42. The summed E-state index contributed by atoms with van der Waals surface area (Å²) in [5, 5.41) is 19.0. The van der Waals surface area contributed by atoms with Crippen molar-refractivity contribution >= 4 is 5.82 Å². The number of rotatable bonds is 3. The number of ether oxygens (including phenoxy) is 1. The van der Waals surface area contributed by atoms with Crippen molar-refractivity contribution in [2.75, 3.05) is 12.3 Å². The van der Waals surface area contributed by atoms with Crippen LogP contribution in [0.25, 0.3) is 0 Å². The fourth-order valence-electron chi connectivity index (χ4n) is 2.33. The third-order valence-corrected chi connectivity index (χ3v) is 3.41. The highest BCUT2D eigenvalue weighted by molar-refractivity contribution is 5.26. The average Bonchev–Trinajstić information content (AvgIpc) is 2.69. The third-order valence-electron chi connectivity index (χ3n) is 3.41. The van der Waals surface area contributed by atoms with Gasteiger partial charge in [-0.05, 0) is 0 Å². The first kappa shape index (κ1) is 16.6. The van der Waals surface area contributed by atoms with E-state index in [9.17, 15) is 32.6 Å². The molecule has 0 radical (unpaired) electrons. The lowest BCUT2D eigenvalue weighted by Gasteiger charge is -2.30. The van der Waals surface area contributed by atoms with Crippen molar-refractivity contribution in [3.8, 4) is 0 Å². The van der Waals surface area contributed by atoms with E-state index in [0.717, 1.165) is 0 Å². The molecule has 0 aliphatic carbocycles. The summed E-state index contributed by atoms with van der Waals surface area (Å²) in [6.07, 6.45) is -9.25. The lowest BCUT2D eigenvalue weighted by Crippen LogP contribution is -2.46. The molecule has 7 nitrogen and oxygen atoms in total. The number of nitrogen functional groups attached to an aromatic ring is 1. The highest BCUT2D eigenvalue weighted by Gasteiger charge is 2.54. The molecule has 4 N–H and O–H groups in total. The van der Waals surface area contributed by atoms with E-state index in [2.05, 4.69) is 4.98 Å². The molecule has 0 spiro atoms. The Morgan fingerprint density at radius 2 is 2.18 bits per heavy atom. The molecular weight excluding hydrogens is 314 g/mol. The number of aromatic nitrogens is 2. The van der Waals surface area contributed by atoms with E-state index in [1.165, 1.54) is 0 Å². The summed E-state index contributed by atoms with van der Waals surface area (Å²) in [6, 6.07) is 0. The van der Waals surface area contributed by atoms with Crippen LogP contribution in [-0.2, 0) is 4.74 Å². The van der Waals surface area contributed by atoms with Gasteiger partial charge in [0.2, 0.25) is 0 Å². The van der Waals surface area contributed by atoms with Gasteiger partial charge in [0.15, 0.2) is 11.6 Å². The minimum Gasteiger partial charge on any atom is -0.393 e. The zero-order valence-electron chi connectivity index (χ0n) is 11.0. The third kappa shape index (κ3) is 3.05. The smallest absolute Gasteiger partial charge is 0.392 e. The van der Waals surface area contributed by atoms with Crippen LogP contribution in [-0.4, -0.2) is 44.3 Å². The highest BCUT2D eigenvalue weighted by atomic mass is 19.4. The van der Waals surface area contributed by atoms with Crippen LogP contribution in [0.4, 0.5) is 23.4 Å². The minimum atomic E-state index is -4.71. The van der Waals surface area contributed by atoms with Crippen LogP contribution in [0.1, 0.15) is 19.1 Å². The van der Waals surface area contributed by atoms with E-state index in [-0.39, 0.29) is 0 Å². The minimum absolute atomic E-state index is 0.443. The van der Waals surface area contributed by atoms with Gasteiger partial charge in [0.1, 0.15) is 11.8 Å². The number of aliphatic hydroxyl groups is 2. The zero-order chi connectivity index (χ0) is 16.7. The molecule has 124 valence electrons. The van der Waals surface area contributed by atoms with Crippen molar-refractivity contribution in [2.45, 2.75) is 37.0 Å². The number of alkyl halides is 3. The molecule has 0 unspecified atom stereocenters. The van der Waals surface area contributed by atoms with Crippen molar-refractivity contribution in [1.29, 1.82) is 0 Å². The second-order valence-electron chi connectivity index (χ2n) is 5.00. The Hall–Kier alpha value is -1.72. The quantitative estimate of drug-likeness (QED) is 0.670. The van der Waals surface area contributed by atoms with Crippen molar-refractivity contribution < 1.29 is 32.5 Å². The Morgan fingerprint density at radius 1 is 1.55 bits per heavy atom. The van der Waals surface area contributed by atoms with E-state index < -0.39 is 60.9 Å². The summed E-state index contributed by atoms with van der Waals surface area (Å²) in [6.45, 7) is -1.12. The number of hydrogen-bond acceptors (Lipinski definition) is 6. The molecule has 3 atom stereocenters. The molecule has 2 heterocycles. The van der Waals surface area contributed by atoms with Gasteiger partial charge < -0.3 is 20.7 Å². The fraction of sp³-hybridized carbons (Fsp3) is 0.636. The largest absolute Gasteiger partial charge is 0.393 e. The van der Waals surface area contributed by atoms with E-state index in [1.54, 1.807) is 0 Å². The summed E-state index contributed by atoms with van der Waals surface area (Å²) in [4.78, 5) is 14.8. The maximum absolute atomic E-state index is 13.4. The van der Waals surface area contributed by atoms with Gasteiger partial charge in [0.05, 0.1) is 25.3 Å². The number of halogens is 4. The Kier molecular flexibility index (Phi) is 4.15. The van der Waals surface area contributed by atoms with Crippen LogP contribution in [0.2, 0.25) is 0 Å². The van der Waals surface area contributed by atoms with Crippen LogP contribution in [0.3, 0.4) is 0 Å². The van der Waals surface area contributed by atoms with E-state index in [1.807, 2.05) is 0 Å². The van der Waals surface area contributed by atoms with Crippen molar-refractivity contribution in [1.82, 2.24) is 9.55 Å². The number of hydrogen-bond donors (Lipinski definition) is 3. The first-order chi connectivity index (χ1) is 10.1. The lowest BCUT2D eigenvalue weighted by molar-refractivity contribution is -0.216. The van der Waals surface area contributed by atoms with Crippen molar-refractivity contribution in [3.63, 3.8) is 0 Å². The summed E-state index contributed by atoms with van der Waals surface area (Å²) in [5.74, 6) is -1.72. The second-order valence-corrected chi connectivity index (χ2v) is 5.00. The van der Waals surface area contributed by atoms with Gasteiger partial charge in [-0.25, -0.2) is 9.18 Å². The maximum atomic E-state index is 13.4. The van der Waals surface area contributed by atoms with Gasteiger partial charge in [-0.2, -0.15) is 18.2 Å². The summed E-state index contributed by atoms with van der Waals surface area (Å²) >= 11 is 0. The molecule has 1 aliphatic heterocycles. The van der Waals surface area contributed by atoms with E-state index in [0.29, 0.717) is 10.8 Å². The zero-order valence-corrected chi connectivity index (χ0v) is 11.0. The Morgan fingerprint density at radius 3 is 2.73 bits per heavy atom. The Labute approximate surface area is 120 Å². The van der Waals surface area contributed by atoms with Crippen LogP contribution in [0.15, 0.2) is 11.0 Å². The average molecular weight is 327 g/mol. The molecule has 0 saturated carbocycles. The standard InChI is InChI=1S/C11H13F4N3O4/c12-5-2-18(9(21)17-8(5)16)7-1-6(20)10(4-19,22-7)3-11(13,14)15/h2,6-7,19-20H,1,3-4H2,(H2,16,17,21)/t6-,7+,10+/m0/s1. The van der Waals surface area contributed by atoms with Gasteiger partial charge in [-0.15, -0.1) is 0 Å². The molecule has 1 saturated heterocycles. The van der Waals surface area contributed by atoms with Gasteiger partial charge in [0, 0.05) is 6.42 Å². The first-order valence-corrected chi connectivity index (χ1v) is 6.15. The molecule has 1 aromatic rings. The van der Waals surface area contributed by atoms with Crippen molar-refractivity contribution in [2.24, 2.45) is 0 Å². The predicted octanol–water partition coefficient (Wildman–Crippen LogP) is -0.0721. The van der Waals surface area contributed by atoms with Crippen LogP contribution >= 0.6 is 0 Å². The van der Waals surface area contributed by atoms with E-state index >= 15 is 0 Å². The van der Waals surface area contributed by atoms with Crippen LogP contribution in [0, 0.1) is 5.82 Å². The van der Waals surface area contributed by atoms with Crippen LogP contribution in [0.5, 0.6) is 0 Å². The second kappa shape index (κ2) is 5.48. The predicted molar refractivity (Wildman–Crippen MR) is 64.1 cm³/mol. The summed E-state index contributed by atoms with van der Waals surface area (Å²) in [7, 11) is 0. The normalized spacial score (nSPS) is 29.0. The van der Waals surface area contributed by atoms with Gasteiger partial charge >= 0.3 is 11.9 Å². The molecular formula is C11H13F4N3O4. The molecule has 1 aliphatic rings. The van der Waals surface area contributed by atoms with Crippen molar-refractivity contribution in [3.05, 3.63) is 22.5 Å². The van der Waals surface area contributed by atoms with Crippen LogP contribution < -0.4 is 11.4 Å². The van der Waals surface area contributed by atoms with E-state index in [4.69, 9.17) is 10.5 Å². The molecule has 0 aromatic carbocycles. The van der Waals surface area contributed by atoms with Gasteiger partial charge in [-0.3, -0.25) is 4.57 Å². The molecule has 2 rings (SSSR count). The maximum Gasteiger partial charge on any atom is 0.392 e. The number of nitrogens with two attached hydrogens (primary N) is 1. The molecule has 1 fully saturated rings. The molecule has 11 heteroatoms. The first-order valence-electron chi connectivity index (χ1n) is 6.15. The Bertz CT molecular complexity index is 620. The number of anilines is 1. The lowest BCUT2D eigenvalue weighted by atomic mass is 9.93. The topological polar surface area (TPSA) is 111 Å². The monoisotopic (exact) mass is 327 g/mol. The molecule has 0 amide bonds. The van der Waals surface area contributed by atoms with Gasteiger partial charge in [0.25, 0.3) is 0 Å². The Balaban J connectivity index is 2.34. The summed E-state index contributed by atoms with van der Waals surface area (Å²) in [5.41, 5.74) is 1.74. The summed E-state index contributed by atoms with van der Waals surface area (Å²) < 4.78 is 56.7. The number of nitrogens with zero attached hydrogens (tertiary/aromatic N) is 2. The SMILES string of the molecule is Nc1nc(=O)n([C@H]2C[C@H](O)[C@](CO)(CC(F)(F)F)O2)cc1F. The fourth-order valence-corrected chi connectivity index (χ4v) is 2.33. The number of aliphatic hydroxyl groups excluding tert-OH is 2. The van der Waals surface area contributed by atoms with Gasteiger partial charge in [-0.1, -0.05) is 0 Å².